The van der Waals surface area contributed by atoms with Gasteiger partial charge in [0.25, 0.3) is 0 Å². The van der Waals surface area contributed by atoms with Crippen molar-refractivity contribution in [3.8, 4) is 0 Å². The number of nitrogens with one attached hydrogen (secondary N) is 1. The second-order valence-corrected chi connectivity index (χ2v) is 5.67. The van der Waals surface area contributed by atoms with E-state index in [1.165, 1.54) is 0 Å². The van der Waals surface area contributed by atoms with E-state index < -0.39 is 0 Å². The molecule has 0 aliphatic heterocycles. The first-order valence-corrected chi connectivity index (χ1v) is 7.48. The molecule has 0 bridgehead atoms. The first-order valence-electron chi connectivity index (χ1n) is 7.48. The predicted octanol–water partition coefficient (Wildman–Crippen LogP) is 4.63. The smallest absolute Gasteiger partial charge is 0.407 e. The minimum atomic E-state index is -0.382. The molecule has 3 nitrogen and oxygen atoms in total. The molecular formula is C19H19NO2. The Morgan fingerprint density at radius 3 is 2.09 bits per heavy atom. The fraction of sp³-hybridized carbons (Fsp3) is 0.211. The Labute approximate surface area is 129 Å². The number of fused-ring (bicyclic) bond motifs is 2. The Bertz CT molecular complexity index is 770. The molecule has 0 fully saturated rings. The molecule has 0 heterocycles. The van der Waals surface area contributed by atoms with Crippen molar-refractivity contribution in [1.82, 2.24) is 5.32 Å². The average molecular weight is 293 g/mol. The van der Waals surface area contributed by atoms with E-state index in [-0.39, 0.29) is 18.7 Å². The number of ether oxygens (including phenoxy) is 1. The summed E-state index contributed by atoms with van der Waals surface area (Å²) >= 11 is 0. The van der Waals surface area contributed by atoms with E-state index >= 15 is 0 Å². The second kappa shape index (κ2) is 6.06. The molecule has 3 aromatic rings. The van der Waals surface area contributed by atoms with Crippen LogP contribution in [0.1, 0.15) is 19.4 Å². The Hall–Kier alpha value is -2.55. The van der Waals surface area contributed by atoms with Gasteiger partial charge in [0.15, 0.2) is 0 Å². The maximum atomic E-state index is 11.8. The van der Waals surface area contributed by atoms with Gasteiger partial charge in [0.05, 0.1) is 0 Å². The maximum absolute atomic E-state index is 11.8. The third kappa shape index (κ3) is 2.89. The summed E-state index contributed by atoms with van der Waals surface area (Å²) < 4.78 is 5.41. The van der Waals surface area contributed by atoms with Crippen LogP contribution in [0.2, 0.25) is 0 Å². The third-order valence-corrected chi connectivity index (χ3v) is 3.64. The van der Waals surface area contributed by atoms with Crippen molar-refractivity contribution in [2.75, 3.05) is 0 Å². The predicted molar refractivity (Wildman–Crippen MR) is 89.9 cm³/mol. The molecule has 3 aromatic carbocycles. The molecule has 0 saturated heterocycles. The molecule has 0 radical (unpaired) electrons. The lowest BCUT2D eigenvalue weighted by Gasteiger charge is -2.13. The molecule has 0 unspecified atom stereocenters. The number of hydrogen-bond donors (Lipinski definition) is 1. The summed E-state index contributed by atoms with van der Waals surface area (Å²) in [4.78, 5) is 11.8. The van der Waals surface area contributed by atoms with Gasteiger partial charge >= 0.3 is 6.09 Å². The zero-order valence-corrected chi connectivity index (χ0v) is 12.8. The number of amides is 1. The molecule has 0 aliphatic rings. The van der Waals surface area contributed by atoms with E-state index in [9.17, 15) is 4.79 Å². The summed E-state index contributed by atoms with van der Waals surface area (Å²) in [5.41, 5.74) is 1.05. The topological polar surface area (TPSA) is 38.3 Å². The van der Waals surface area contributed by atoms with Gasteiger partial charge < -0.3 is 10.1 Å². The van der Waals surface area contributed by atoms with E-state index in [0.717, 1.165) is 27.1 Å². The van der Waals surface area contributed by atoms with Crippen molar-refractivity contribution in [2.24, 2.45) is 0 Å². The van der Waals surface area contributed by atoms with Gasteiger partial charge in [0, 0.05) is 11.6 Å². The van der Waals surface area contributed by atoms with Gasteiger partial charge in [-0.05, 0) is 41.5 Å². The molecule has 0 saturated carbocycles. The van der Waals surface area contributed by atoms with Crippen LogP contribution in [0.25, 0.3) is 21.5 Å². The summed E-state index contributed by atoms with van der Waals surface area (Å²) in [5.74, 6) is 0. The Kier molecular flexibility index (Phi) is 3.96. The molecule has 112 valence electrons. The fourth-order valence-electron chi connectivity index (χ4n) is 2.68. The molecule has 3 heteroatoms. The molecule has 1 N–H and O–H groups in total. The molecule has 1 amide bonds. The van der Waals surface area contributed by atoms with Gasteiger partial charge in [-0.1, -0.05) is 48.5 Å². The van der Waals surface area contributed by atoms with E-state index in [1.807, 2.05) is 38.1 Å². The van der Waals surface area contributed by atoms with Crippen molar-refractivity contribution in [1.29, 1.82) is 0 Å². The van der Waals surface area contributed by atoms with E-state index in [4.69, 9.17) is 4.74 Å². The molecule has 0 atom stereocenters. The number of rotatable bonds is 3. The van der Waals surface area contributed by atoms with Gasteiger partial charge in [0.2, 0.25) is 0 Å². The molecule has 0 aliphatic carbocycles. The maximum Gasteiger partial charge on any atom is 0.407 e. The van der Waals surface area contributed by atoms with Crippen LogP contribution >= 0.6 is 0 Å². The lowest BCUT2D eigenvalue weighted by atomic mass is 9.97. The minimum absolute atomic E-state index is 0.0664. The Morgan fingerprint density at radius 1 is 1.00 bits per heavy atom. The summed E-state index contributed by atoms with van der Waals surface area (Å²) in [6, 6.07) is 18.6. The highest BCUT2D eigenvalue weighted by Crippen LogP contribution is 2.28. The van der Waals surface area contributed by atoms with Gasteiger partial charge in [-0.3, -0.25) is 0 Å². The summed E-state index contributed by atoms with van der Waals surface area (Å²) in [5, 5.41) is 7.31. The number of carbonyl (C=O) groups excluding carboxylic acids is 1. The first-order chi connectivity index (χ1) is 10.6. The second-order valence-electron chi connectivity index (χ2n) is 5.67. The van der Waals surface area contributed by atoms with Crippen LogP contribution in [0.3, 0.4) is 0 Å². The summed E-state index contributed by atoms with van der Waals surface area (Å²) in [7, 11) is 0. The molecule has 3 rings (SSSR count). The van der Waals surface area contributed by atoms with Crippen LogP contribution in [-0.4, -0.2) is 12.1 Å². The summed E-state index contributed by atoms with van der Waals surface area (Å²) in [6.45, 7) is 4.09. The minimum Gasteiger partial charge on any atom is -0.445 e. The highest BCUT2D eigenvalue weighted by molar-refractivity contribution is 6.02. The number of carbonyl (C=O) groups is 1. The van der Waals surface area contributed by atoms with Gasteiger partial charge in [0.1, 0.15) is 6.61 Å². The van der Waals surface area contributed by atoms with Gasteiger partial charge in [-0.2, -0.15) is 0 Å². The van der Waals surface area contributed by atoms with Crippen LogP contribution in [0.5, 0.6) is 0 Å². The quantitative estimate of drug-likeness (QED) is 0.715. The lowest BCUT2D eigenvalue weighted by Crippen LogP contribution is -2.30. The SMILES string of the molecule is CC(C)NC(=O)OCc1c2ccccc2cc2ccccc12. The number of benzene rings is 3. The van der Waals surface area contributed by atoms with Crippen LogP contribution in [0.15, 0.2) is 54.6 Å². The zero-order chi connectivity index (χ0) is 15.5. The van der Waals surface area contributed by atoms with E-state index in [0.29, 0.717) is 0 Å². The van der Waals surface area contributed by atoms with Crippen LogP contribution in [0, 0.1) is 0 Å². The van der Waals surface area contributed by atoms with Crippen molar-refractivity contribution >= 4 is 27.6 Å². The number of alkyl carbamates (subject to hydrolysis) is 1. The van der Waals surface area contributed by atoms with Crippen LogP contribution in [-0.2, 0) is 11.3 Å². The highest BCUT2D eigenvalue weighted by atomic mass is 16.5. The summed E-state index contributed by atoms with van der Waals surface area (Å²) in [6.07, 6.45) is -0.382. The van der Waals surface area contributed by atoms with Gasteiger partial charge in [-0.25, -0.2) is 4.79 Å². The van der Waals surface area contributed by atoms with Crippen molar-refractivity contribution in [3.05, 3.63) is 60.2 Å². The van der Waals surface area contributed by atoms with E-state index in [1.54, 1.807) is 0 Å². The van der Waals surface area contributed by atoms with Crippen molar-refractivity contribution < 1.29 is 9.53 Å². The monoisotopic (exact) mass is 293 g/mol. The molecular weight excluding hydrogens is 274 g/mol. The molecule has 22 heavy (non-hydrogen) atoms. The lowest BCUT2D eigenvalue weighted by molar-refractivity contribution is 0.138. The Balaban J connectivity index is 2.03. The van der Waals surface area contributed by atoms with Crippen molar-refractivity contribution in [2.45, 2.75) is 26.5 Å². The number of hydrogen-bond acceptors (Lipinski definition) is 2. The third-order valence-electron chi connectivity index (χ3n) is 3.64. The molecule has 0 spiro atoms. The van der Waals surface area contributed by atoms with Gasteiger partial charge in [-0.15, -0.1) is 0 Å². The molecule has 0 aromatic heterocycles. The fourth-order valence-corrected chi connectivity index (χ4v) is 2.68. The largest absolute Gasteiger partial charge is 0.445 e. The highest BCUT2D eigenvalue weighted by Gasteiger charge is 2.10. The van der Waals surface area contributed by atoms with Crippen molar-refractivity contribution in [3.63, 3.8) is 0 Å². The average Bonchev–Trinajstić information content (AvgIpc) is 2.50. The standard InChI is InChI=1S/C19H19NO2/c1-13(2)20-19(21)22-12-18-16-9-5-3-7-14(16)11-15-8-4-6-10-17(15)18/h3-11,13H,12H2,1-2H3,(H,20,21). The van der Waals surface area contributed by atoms with E-state index in [2.05, 4.69) is 35.6 Å². The first kappa shape index (κ1) is 14.4. The normalized spacial score (nSPS) is 11.0. The van der Waals surface area contributed by atoms with Crippen LogP contribution in [0.4, 0.5) is 4.79 Å². The van der Waals surface area contributed by atoms with Crippen LogP contribution < -0.4 is 5.32 Å². The Morgan fingerprint density at radius 2 is 1.55 bits per heavy atom. The zero-order valence-electron chi connectivity index (χ0n) is 12.8.